The molecule has 0 amide bonds. The number of hydrogen-bond donors (Lipinski definition) is 0. The monoisotopic (exact) mass is 306 g/mol. The van der Waals surface area contributed by atoms with E-state index in [-0.39, 0.29) is 6.04 Å². The fraction of sp³-hybridized carbons (Fsp3) is 0.105. The van der Waals surface area contributed by atoms with Crippen molar-refractivity contribution in [2.24, 2.45) is 0 Å². The Morgan fingerprint density at radius 2 is 1.91 bits per heavy atom. The number of fused-ring (bicyclic) bond motifs is 1. The van der Waals surface area contributed by atoms with Crippen LogP contribution in [0, 0.1) is 0 Å². The molecule has 108 valence electrons. The van der Waals surface area contributed by atoms with Crippen LogP contribution in [0.1, 0.15) is 28.3 Å². The lowest BCUT2D eigenvalue weighted by Gasteiger charge is -2.23. The summed E-state index contributed by atoms with van der Waals surface area (Å²) in [4.78, 5) is 4.19. The first-order valence-electron chi connectivity index (χ1n) is 7.36. The molecular formula is C19H15ClN2. The van der Waals surface area contributed by atoms with Crippen molar-refractivity contribution in [3.63, 3.8) is 0 Å². The molecule has 0 saturated heterocycles. The van der Waals surface area contributed by atoms with Gasteiger partial charge in [-0.25, -0.2) is 4.98 Å². The van der Waals surface area contributed by atoms with Crippen molar-refractivity contribution in [2.45, 2.75) is 12.5 Å². The summed E-state index contributed by atoms with van der Waals surface area (Å²) in [5, 5.41) is 0.508. The van der Waals surface area contributed by atoms with Gasteiger partial charge in [0, 0.05) is 12.4 Å². The summed E-state index contributed by atoms with van der Waals surface area (Å²) in [6.45, 7) is 0. The van der Waals surface area contributed by atoms with Gasteiger partial charge in [-0.1, -0.05) is 60.7 Å². The van der Waals surface area contributed by atoms with E-state index in [0.29, 0.717) is 5.28 Å². The lowest BCUT2D eigenvalue weighted by molar-refractivity contribution is 0.676. The van der Waals surface area contributed by atoms with E-state index in [2.05, 4.69) is 59.6 Å². The Balaban J connectivity index is 1.95. The molecule has 2 aromatic carbocycles. The second kappa shape index (κ2) is 5.47. The lowest BCUT2D eigenvalue weighted by Crippen LogP contribution is -2.13. The largest absolute Gasteiger partial charge is 0.310 e. The van der Waals surface area contributed by atoms with Crippen LogP contribution < -0.4 is 0 Å². The maximum absolute atomic E-state index is 6.32. The zero-order valence-corrected chi connectivity index (χ0v) is 12.7. The zero-order valence-electron chi connectivity index (χ0n) is 12.0. The van der Waals surface area contributed by atoms with Crippen LogP contribution in [0.3, 0.4) is 0 Å². The minimum atomic E-state index is 0.0360. The summed E-state index contributed by atoms with van der Waals surface area (Å²) in [6, 6.07) is 17.0. The number of nitrogens with zero attached hydrogens (tertiary/aromatic N) is 2. The van der Waals surface area contributed by atoms with E-state index in [1.54, 1.807) is 6.20 Å². The van der Waals surface area contributed by atoms with Gasteiger partial charge < -0.3 is 4.57 Å². The van der Waals surface area contributed by atoms with Gasteiger partial charge in [-0.2, -0.15) is 0 Å². The quantitative estimate of drug-likeness (QED) is 0.683. The van der Waals surface area contributed by atoms with E-state index in [1.807, 2.05) is 16.8 Å². The molecule has 3 aromatic rings. The molecule has 1 heterocycles. The normalized spacial score (nSPS) is 14.0. The van der Waals surface area contributed by atoms with E-state index >= 15 is 0 Å². The van der Waals surface area contributed by atoms with E-state index in [0.717, 1.165) is 6.42 Å². The molecular weight excluding hydrogens is 292 g/mol. The molecule has 1 aromatic heterocycles. The predicted octanol–water partition coefficient (Wildman–Crippen LogP) is 4.74. The van der Waals surface area contributed by atoms with Gasteiger partial charge in [0.05, 0.1) is 6.04 Å². The Hall–Kier alpha value is -2.32. The Kier molecular flexibility index (Phi) is 3.32. The van der Waals surface area contributed by atoms with Crippen molar-refractivity contribution in [1.29, 1.82) is 0 Å². The highest BCUT2D eigenvalue weighted by Crippen LogP contribution is 2.35. The van der Waals surface area contributed by atoms with Crippen LogP contribution in [0.15, 0.2) is 67.0 Å². The predicted molar refractivity (Wildman–Crippen MR) is 90.1 cm³/mol. The Morgan fingerprint density at radius 1 is 1.05 bits per heavy atom. The molecule has 0 N–H and O–H groups in total. The second-order valence-electron chi connectivity index (χ2n) is 5.44. The summed E-state index contributed by atoms with van der Waals surface area (Å²) < 4.78 is 2.03. The molecule has 0 radical (unpaired) electrons. The molecule has 1 aliphatic carbocycles. The van der Waals surface area contributed by atoms with Gasteiger partial charge in [0.2, 0.25) is 5.28 Å². The Morgan fingerprint density at radius 3 is 2.68 bits per heavy atom. The van der Waals surface area contributed by atoms with E-state index in [4.69, 9.17) is 11.6 Å². The van der Waals surface area contributed by atoms with Crippen molar-refractivity contribution in [3.05, 3.63) is 94.5 Å². The minimum absolute atomic E-state index is 0.0360. The van der Waals surface area contributed by atoms with Gasteiger partial charge in [0.1, 0.15) is 0 Å². The third kappa shape index (κ3) is 2.16. The van der Waals surface area contributed by atoms with Gasteiger partial charge in [-0.3, -0.25) is 0 Å². The van der Waals surface area contributed by atoms with Crippen LogP contribution in [0.25, 0.3) is 6.08 Å². The fourth-order valence-corrected chi connectivity index (χ4v) is 3.38. The summed E-state index contributed by atoms with van der Waals surface area (Å²) in [6.07, 6.45) is 9.12. The van der Waals surface area contributed by atoms with Crippen molar-refractivity contribution in [1.82, 2.24) is 9.55 Å². The molecule has 0 aliphatic heterocycles. The highest BCUT2D eigenvalue weighted by Gasteiger charge is 2.22. The zero-order chi connectivity index (χ0) is 14.9. The molecule has 1 unspecified atom stereocenters. The topological polar surface area (TPSA) is 17.8 Å². The molecule has 0 fully saturated rings. The highest BCUT2D eigenvalue weighted by molar-refractivity contribution is 6.28. The highest BCUT2D eigenvalue weighted by atomic mass is 35.5. The molecule has 1 atom stereocenters. The number of allylic oxidation sites excluding steroid dienone is 1. The second-order valence-corrected chi connectivity index (χ2v) is 5.78. The number of imidazole rings is 1. The van der Waals surface area contributed by atoms with E-state index in [9.17, 15) is 0 Å². The van der Waals surface area contributed by atoms with E-state index < -0.39 is 0 Å². The van der Waals surface area contributed by atoms with Gasteiger partial charge >= 0.3 is 0 Å². The van der Waals surface area contributed by atoms with Gasteiger partial charge in [-0.15, -0.1) is 0 Å². The number of aromatic nitrogens is 2. The summed E-state index contributed by atoms with van der Waals surface area (Å²) in [5.41, 5.74) is 5.14. The van der Waals surface area contributed by atoms with Crippen molar-refractivity contribution in [2.75, 3.05) is 0 Å². The molecule has 4 rings (SSSR count). The number of halogens is 1. The van der Waals surface area contributed by atoms with E-state index in [1.165, 1.54) is 22.3 Å². The van der Waals surface area contributed by atoms with Gasteiger partial charge in [0.25, 0.3) is 0 Å². The average Bonchev–Trinajstić information content (AvgIpc) is 3.19. The Labute approximate surface area is 134 Å². The van der Waals surface area contributed by atoms with Crippen LogP contribution >= 0.6 is 11.6 Å². The SMILES string of the molecule is Clc1nccn1C(c1ccccc1)c1cccc2c1C=CC2. The van der Waals surface area contributed by atoms with Crippen molar-refractivity contribution < 1.29 is 0 Å². The van der Waals surface area contributed by atoms with Crippen LogP contribution in [0.5, 0.6) is 0 Å². The fourth-order valence-electron chi connectivity index (χ4n) is 3.17. The third-order valence-electron chi connectivity index (χ3n) is 4.16. The number of rotatable bonds is 3. The molecule has 1 aliphatic rings. The van der Waals surface area contributed by atoms with Crippen LogP contribution in [0.2, 0.25) is 5.28 Å². The average molecular weight is 307 g/mol. The number of hydrogen-bond acceptors (Lipinski definition) is 1. The standard InChI is InChI=1S/C19H15ClN2/c20-19-21-12-13-22(19)18(15-6-2-1-3-7-15)17-11-5-9-14-8-4-10-16(14)17/h1-7,9-13,18H,8H2. The summed E-state index contributed by atoms with van der Waals surface area (Å²) in [5.74, 6) is 0. The number of benzene rings is 2. The first-order valence-corrected chi connectivity index (χ1v) is 7.74. The maximum Gasteiger partial charge on any atom is 0.203 e. The van der Waals surface area contributed by atoms with Crippen molar-refractivity contribution in [3.8, 4) is 0 Å². The molecule has 2 nitrogen and oxygen atoms in total. The first kappa shape index (κ1) is 13.4. The van der Waals surface area contributed by atoms with Gasteiger partial charge in [-0.05, 0) is 40.3 Å². The lowest BCUT2D eigenvalue weighted by atomic mass is 9.92. The molecule has 0 spiro atoms. The smallest absolute Gasteiger partial charge is 0.203 e. The minimum Gasteiger partial charge on any atom is -0.310 e. The maximum atomic E-state index is 6.32. The summed E-state index contributed by atoms with van der Waals surface area (Å²) >= 11 is 6.32. The summed E-state index contributed by atoms with van der Waals surface area (Å²) in [7, 11) is 0. The van der Waals surface area contributed by atoms with Crippen LogP contribution in [0.4, 0.5) is 0 Å². The Bertz CT molecular complexity index is 834. The third-order valence-corrected chi connectivity index (χ3v) is 4.45. The van der Waals surface area contributed by atoms with Crippen molar-refractivity contribution >= 4 is 17.7 Å². The first-order chi connectivity index (χ1) is 10.8. The molecule has 0 bridgehead atoms. The van der Waals surface area contributed by atoms with Gasteiger partial charge in [0.15, 0.2) is 0 Å². The molecule has 0 saturated carbocycles. The molecule has 3 heteroatoms. The molecule has 22 heavy (non-hydrogen) atoms. The van der Waals surface area contributed by atoms with Crippen LogP contribution in [-0.4, -0.2) is 9.55 Å². The van der Waals surface area contributed by atoms with Crippen LogP contribution in [-0.2, 0) is 6.42 Å².